The number of carbonyl (C=O) groups is 2. The monoisotopic (exact) mass is 308 g/mol. The normalized spacial score (nSPS) is 18.2. The molecule has 1 aromatic carbocycles. The highest BCUT2D eigenvalue weighted by Gasteiger charge is 2.39. The zero-order chi connectivity index (χ0) is 15.2. The predicted molar refractivity (Wildman–Crippen MR) is 84.6 cm³/mol. The van der Waals surface area contributed by atoms with E-state index >= 15 is 0 Å². The van der Waals surface area contributed by atoms with Gasteiger partial charge >= 0.3 is 0 Å². The van der Waals surface area contributed by atoms with E-state index < -0.39 is 5.37 Å². The van der Waals surface area contributed by atoms with Crippen LogP contribution in [0.15, 0.2) is 24.3 Å². The summed E-state index contributed by atoms with van der Waals surface area (Å²) in [7, 11) is 0. The quantitative estimate of drug-likeness (QED) is 0.837. The van der Waals surface area contributed by atoms with Gasteiger partial charge in [0.15, 0.2) is 5.37 Å². The number of amides is 2. The van der Waals surface area contributed by atoms with Crippen molar-refractivity contribution >= 4 is 28.6 Å². The van der Waals surface area contributed by atoms with Gasteiger partial charge in [0, 0.05) is 12.2 Å². The average Bonchev–Trinajstić information content (AvgIpc) is 2.74. The minimum atomic E-state index is -0.535. The van der Waals surface area contributed by atoms with Gasteiger partial charge in [-0.25, -0.2) is 0 Å². The summed E-state index contributed by atoms with van der Waals surface area (Å²) < 4.78 is 5.37. The van der Waals surface area contributed by atoms with Crippen molar-refractivity contribution in [3.8, 4) is 5.75 Å². The van der Waals surface area contributed by atoms with E-state index in [0.717, 1.165) is 36.0 Å². The molecule has 2 rings (SSSR count). The summed E-state index contributed by atoms with van der Waals surface area (Å²) in [6.45, 7) is 5.08. The standard InChI is InChI=1S/C15H20N2O3S/c1-3-5-10-17-14(18)13(21-15(17)19)16-11-6-8-12(9-7-11)20-4-2/h6-9,13,16H,3-5,10H2,1-2H3/t13-/m1/s1. The minimum absolute atomic E-state index is 0.160. The molecule has 0 unspecified atom stereocenters. The first kappa shape index (κ1) is 15.7. The number of ether oxygens (including phenoxy) is 1. The van der Waals surface area contributed by atoms with Gasteiger partial charge in [-0.1, -0.05) is 13.3 Å². The Hall–Kier alpha value is -1.69. The molecule has 2 amide bonds. The Bertz CT molecular complexity index is 504. The molecule has 0 aromatic heterocycles. The number of imide groups is 1. The van der Waals surface area contributed by atoms with E-state index in [4.69, 9.17) is 4.74 Å². The number of thioether (sulfide) groups is 1. The van der Waals surface area contributed by atoms with Crippen LogP contribution in [0.2, 0.25) is 0 Å². The summed E-state index contributed by atoms with van der Waals surface area (Å²) in [5, 5.41) is 2.39. The number of unbranched alkanes of at least 4 members (excludes halogenated alkanes) is 1. The fourth-order valence-corrected chi connectivity index (χ4v) is 2.95. The highest BCUT2D eigenvalue weighted by molar-refractivity contribution is 8.15. The molecular weight excluding hydrogens is 288 g/mol. The van der Waals surface area contributed by atoms with E-state index in [1.165, 1.54) is 4.90 Å². The summed E-state index contributed by atoms with van der Waals surface area (Å²) in [6, 6.07) is 7.37. The van der Waals surface area contributed by atoms with Crippen molar-refractivity contribution in [2.45, 2.75) is 32.1 Å². The second-order valence-electron chi connectivity index (χ2n) is 4.71. The molecule has 0 radical (unpaired) electrons. The number of benzene rings is 1. The number of hydrogen-bond donors (Lipinski definition) is 1. The summed E-state index contributed by atoms with van der Waals surface area (Å²) >= 11 is 1.04. The minimum Gasteiger partial charge on any atom is -0.494 e. The van der Waals surface area contributed by atoms with E-state index in [2.05, 4.69) is 5.32 Å². The van der Waals surface area contributed by atoms with Crippen LogP contribution in [-0.2, 0) is 4.79 Å². The van der Waals surface area contributed by atoms with Crippen molar-refractivity contribution in [1.29, 1.82) is 0 Å². The zero-order valence-corrected chi connectivity index (χ0v) is 13.1. The van der Waals surface area contributed by atoms with Crippen LogP contribution in [0.1, 0.15) is 26.7 Å². The van der Waals surface area contributed by atoms with Crippen LogP contribution in [0.3, 0.4) is 0 Å². The van der Waals surface area contributed by atoms with Gasteiger partial charge in [-0.2, -0.15) is 0 Å². The molecule has 0 spiro atoms. The fraction of sp³-hybridized carbons (Fsp3) is 0.467. The van der Waals surface area contributed by atoms with Crippen molar-refractivity contribution in [2.75, 3.05) is 18.5 Å². The Morgan fingerprint density at radius 1 is 1.24 bits per heavy atom. The largest absolute Gasteiger partial charge is 0.494 e. The van der Waals surface area contributed by atoms with Crippen molar-refractivity contribution in [2.24, 2.45) is 0 Å². The highest BCUT2D eigenvalue weighted by Crippen LogP contribution is 2.29. The molecule has 21 heavy (non-hydrogen) atoms. The number of anilines is 1. The summed E-state index contributed by atoms with van der Waals surface area (Å²) in [5.74, 6) is 0.626. The lowest BCUT2D eigenvalue weighted by Crippen LogP contribution is -2.35. The second kappa shape index (κ2) is 7.36. The first-order valence-electron chi connectivity index (χ1n) is 7.17. The van der Waals surface area contributed by atoms with E-state index in [0.29, 0.717) is 13.2 Å². The van der Waals surface area contributed by atoms with Crippen LogP contribution >= 0.6 is 11.8 Å². The Morgan fingerprint density at radius 3 is 2.57 bits per heavy atom. The molecule has 1 aliphatic rings. The summed E-state index contributed by atoms with van der Waals surface area (Å²) in [5.41, 5.74) is 0.800. The number of carbonyl (C=O) groups excluding carboxylic acids is 2. The number of nitrogens with one attached hydrogen (secondary N) is 1. The number of rotatable bonds is 7. The summed E-state index contributed by atoms with van der Waals surface area (Å²) in [6.07, 6.45) is 1.80. The Labute approximate surface area is 129 Å². The molecule has 1 atom stereocenters. The molecule has 1 aliphatic heterocycles. The van der Waals surface area contributed by atoms with Crippen LogP contribution in [0.5, 0.6) is 5.75 Å². The molecule has 1 aromatic rings. The van der Waals surface area contributed by atoms with Crippen molar-refractivity contribution in [3.05, 3.63) is 24.3 Å². The van der Waals surface area contributed by atoms with Crippen molar-refractivity contribution < 1.29 is 14.3 Å². The van der Waals surface area contributed by atoms with E-state index in [9.17, 15) is 9.59 Å². The summed E-state index contributed by atoms with van der Waals surface area (Å²) in [4.78, 5) is 25.4. The molecule has 1 heterocycles. The van der Waals surface area contributed by atoms with Gasteiger partial charge in [0.05, 0.1) is 6.61 Å². The van der Waals surface area contributed by atoms with Gasteiger partial charge in [-0.15, -0.1) is 0 Å². The lowest BCUT2D eigenvalue weighted by molar-refractivity contribution is -0.126. The lowest BCUT2D eigenvalue weighted by Gasteiger charge is -2.14. The predicted octanol–water partition coefficient (Wildman–Crippen LogP) is 3.32. The van der Waals surface area contributed by atoms with Gasteiger partial charge in [-0.3, -0.25) is 14.5 Å². The average molecular weight is 308 g/mol. The van der Waals surface area contributed by atoms with Gasteiger partial charge in [0.1, 0.15) is 5.75 Å². The van der Waals surface area contributed by atoms with Crippen molar-refractivity contribution in [3.63, 3.8) is 0 Å². The van der Waals surface area contributed by atoms with Crippen LogP contribution in [0.4, 0.5) is 10.5 Å². The first-order valence-corrected chi connectivity index (χ1v) is 8.05. The van der Waals surface area contributed by atoms with Gasteiger partial charge < -0.3 is 10.1 Å². The Morgan fingerprint density at radius 2 is 1.95 bits per heavy atom. The third-order valence-electron chi connectivity index (χ3n) is 3.13. The Kier molecular flexibility index (Phi) is 5.50. The molecule has 1 fully saturated rings. The lowest BCUT2D eigenvalue weighted by atomic mass is 10.3. The van der Waals surface area contributed by atoms with Crippen molar-refractivity contribution in [1.82, 2.24) is 4.90 Å². The maximum Gasteiger partial charge on any atom is 0.290 e. The maximum atomic E-state index is 12.2. The molecule has 6 heteroatoms. The number of hydrogen-bond acceptors (Lipinski definition) is 5. The van der Waals surface area contributed by atoms with Gasteiger partial charge in [0.2, 0.25) is 0 Å². The van der Waals surface area contributed by atoms with Crippen LogP contribution < -0.4 is 10.1 Å². The molecule has 114 valence electrons. The van der Waals surface area contributed by atoms with Crippen LogP contribution in [0, 0.1) is 0 Å². The van der Waals surface area contributed by atoms with E-state index in [1.807, 2.05) is 38.1 Å². The van der Waals surface area contributed by atoms with Gasteiger partial charge in [-0.05, 0) is 49.4 Å². The SMILES string of the molecule is CCCCN1C(=O)S[C@@H](Nc2ccc(OCC)cc2)C1=O. The second-order valence-corrected chi connectivity index (χ2v) is 5.77. The topological polar surface area (TPSA) is 58.6 Å². The smallest absolute Gasteiger partial charge is 0.290 e. The molecular formula is C15H20N2O3S. The fourth-order valence-electron chi connectivity index (χ4n) is 2.02. The van der Waals surface area contributed by atoms with E-state index in [1.54, 1.807) is 0 Å². The highest BCUT2D eigenvalue weighted by atomic mass is 32.2. The molecule has 0 aliphatic carbocycles. The molecule has 5 nitrogen and oxygen atoms in total. The molecule has 1 saturated heterocycles. The van der Waals surface area contributed by atoms with Crippen LogP contribution in [-0.4, -0.2) is 34.6 Å². The van der Waals surface area contributed by atoms with E-state index in [-0.39, 0.29) is 11.1 Å². The number of nitrogens with zero attached hydrogens (tertiary/aromatic N) is 1. The third-order valence-corrected chi connectivity index (χ3v) is 4.10. The zero-order valence-electron chi connectivity index (χ0n) is 12.3. The Balaban J connectivity index is 1.96. The molecule has 0 saturated carbocycles. The van der Waals surface area contributed by atoms with Crippen LogP contribution in [0.25, 0.3) is 0 Å². The molecule has 1 N–H and O–H groups in total. The first-order chi connectivity index (χ1) is 10.2. The van der Waals surface area contributed by atoms with Gasteiger partial charge in [0.25, 0.3) is 11.1 Å². The maximum absolute atomic E-state index is 12.2. The molecule has 0 bridgehead atoms. The third kappa shape index (κ3) is 3.91.